The summed E-state index contributed by atoms with van der Waals surface area (Å²) in [6.45, 7) is 1.67. The van der Waals surface area contributed by atoms with Crippen molar-refractivity contribution in [3.8, 4) is 5.75 Å². The SMILES string of the molecule is Cl.NCCNC(=O)C1CCCN(C(=O)COc2ccc3ccc(=O)oc3c2)C1. The van der Waals surface area contributed by atoms with Gasteiger partial charge in [-0.25, -0.2) is 4.79 Å². The molecule has 1 atom stereocenters. The van der Waals surface area contributed by atoms with Crippen LogP contribution in [0.2, 0.25) is 0 Å². The van der Waals surface area contributed by atoms with Crippen LogP contribution in [0.15, 0.2) is 39.5 Å². The summed E-state index contributed by atoms with van der Waals surface area (Å²) in [6.07, 6.45) is 1.53. The maximum Gasteiger partial charge on any atom is 0.336 e. The zero-order chi connectivity index (χ0) is 19.2. The molecule has 28 heavy (non-hydrogen) atoms. The zero-order valence-corrected chi connectivity index (χ0v) is 16.2. The number of likely N-dealkylation sites (tertiary alicyclic amines) is 1. The molecule has 1 aromatic carbocycles. The molecule has 1 aliphatic rings. The van der Waals surface area contributed by atoms with E-state index in [0.717, 1.165) is 18.2 Å². The van der Waals surface area contributed by atoms with E-state index >= 15 is 0 Å². The maximum atomic E-state index is 12.4. The van der Waals surface area contributed by atoms with E-state index in [4.69, 9.17) is 14.9 Å². The normalized spacial score (nSPS) is 16.3. The number of benzene rings is 1. The van der Waals surface area contributed by atoms with Crippen LogP contribution in [-0.2, 0) is 9.59 Å². The molecule has 1 fully saturated rings. The number of carbonyl (C=O) groups excluding carboxylic acids is 2. The number of nitrogens with zero attached hydrogens (tertiary/aromatic N) is 1. The van der Waals surface area contributed by atoms with Gasteiger partial charge in [-0.15, -0.1) is 12.4 Å². The standard InChI is InChI=1S/C19H23N3O5.ClH/c20-7-8-21-19(25)14-2-1-9-22(11-14)17(23)12-26-15-5-3-13-4-6-18(24)27-16(13)10-15;/h3-6,10,14H,1-2,7-9,11-12,20H2,(H,21,25);1H. The number of halogens is 1. The number of hydrogen-bond acceptors (Lipinski definition) is 6. The lowest BCUT2D eigenvalue weighted by molar-refractivity contribution is -0.137. The first-order chi connectivity index (χ1) is 13.1. The van der Waals surface area contributed by atoms with Crippen molar-refractivity contribution in [3.05, 3.63) is 40.8 Å². The molecule has 2 aromatic rings. The number of piperidine rings is 1. The molecule has 2 amide bonds. The third kappa shape index (κ3) is 5.46. The minimum Gasteiger partial charge on any atom is -0.484 e. The van der Waals surface area contributed by atoms with Gasteiger partial charge in [0, 0.05) is 43.7 Å². The second-order valence-electron chi connectivity index (χ2n) is 6.50. The Bertz CT molecular complexity index is 885. The second-order valence-corrected chi connectivity index (χ2v) is 6.50. The van der Waals surface area contributed by atoms with Gasteiger partial charge in [0.15, 0.2) is 6.61 Å². The number of nitrogens with two attached hydrogens (primary N) is 1. The van der Waals surface area contributed by atoms with E-state index in [1.54, 1.807) is 29.2 Å². The summed E-state index contributed by atoms with van der Waals surface area (Å²) in [5.74, 6) is -0.0204. The van der Waals surface area contributed by atoms with Crippen molar-refractivity contribution in [2.75, 3.05) is 32.8 Å². The van der Waals surface area contributed by atoms with Crippen LogP contribution in [0.3, 0.4) is 0 Å². The Morgan fingerprint density at radius 2 is 2.07 bits per heavy atom. The highest BCUT2D eigenvalue weighted by Crippen LogP contribution is 2.20. The summed E-state index contributed by atoms with van der Waals surface area (Å²) < 4.78 is 10.7. The van der Waals surface area contributed by atoms with Crippen molar-refractivity contribution in [1.82, 2.24) is 10.2 Å². The number of rotatable bonds is 6. The van der Waals surface area contributed by atoms with Crippen LogP contribution in [0.1, 0.15) is 12.8 Å². The molecule has 1 aliphatic heterocycles. The molecule has 9 heteroatoms. The van der Waals surface area contributed by atoms with E-state index in [1.165, 1.54) is 6.07 Å². The topological polar surface area (TPSA) is 115 Å². The Balaban J connectivity index is 0.00000280. The molecule has 3 rings (SSSR count). The number of ether oxygens (including phenoxy) is 1. The summed E-state index contributed by atoms with van der Waals surface area (Å²) in [4.78, 5) is 37.5. The third-order valence-corrected chi connectivity index (χ3v) is 4.55. The Morgan fingerprint density at radius 3 is 2.86 bits per heavy atom. The molecule has 0 radical (unpaired) electrons. The highest BCUT2D eigenvalue weighted by Gasteiger charge is 2.28. The maximum absolute atomic E-state index is 12.4. The van der Waals surface area contributed by atoms with Gasteiger partial charge < -0.3 is 25.1 Å². The number of amides is 2. The predicted octanol–water partition coefficient (Wildman–Crippen LogP) is 0.907. The van der Waals surface area contributed by atoms with E-state index in [2.05, 4.69) is 5.32 Å². The van der Waals surface area contributed by atoms with Crippen LogP contribution in [-0.4, -0.2) is 49.5 Å². The van der Waals surface area contributed by atoms with Gasteiger partial charge >= 0.3 is 5.63 Å². The van der Waals surface area contributed by atoms with Crippen molar-refractivity contribution in [2.45, 2.75) is 12.8 Å². The van der Waals surface area contributed by atoms with Crippen LogP contribution >= 0.6 is 12.4 Å². The van der Waals surface area contributed by atoms with Gasteiger partial charge in [0.05, 0.1) is 5.92 Å². The molecule has 1 unspecified atom stereocenters. The lowest BCUT2D eigenvalue weighted by Crippen LogP contribution is -2.47. The fourth-order valence-electron chi connectivity index (χ4n) is 3.12. The number of nitrogens with one attached hydrogen (secondary N) is 1. The summed E-state index contributed by atoms with van der Waals surface area (Å²) in [7, 11) is 0. The van der Waals surface area contributed by atoms with Crippen molar-refractivity contribution in [2.24, 2.45) is 11.7 Å². The minimum atomic E-state index is -0.442. The summed E-state index contributed by atoms with van der Waals surface area (Å²) >= 11 is 0. The molecule has 0 spiro atoms. The zero-order valence-electron chi connectivity index (χ0n) is 15.4. The average molecular weight is 410 g/mol. The van der Waals surface area contributed by atoms with Crippen molar-refractivity contribution >= 4 is 35.2 Å². The van der Waals surface area contributed by atoms with Crippen molar-refractivity contribution in [3.63, 3.8) is 0 Å². The predicted molar refractivity (Wildman–Crippen MR) is 107 cm³/mol. The quantitative estimate of drug-likeness (QED) is 0.685. The molecule has 0 aliphatic carbocycles. The lowest BCUT2D eigenvalue weighted by atomic mass is 9.97. The largest absolute Gasteiger partial charge is 0.484 e. The molecular weight excluding hydrogens is 386 g/mol. The number of carbonyl (C=O) groups is 2. The van der Waals surface area contributed by atoms with Gasteiger partial charge in [0.1, 0.15) is 11.3 Å². The lowest BCUT2D eigenvalue weighted by Gasteiger charge is -2.32. The molecule has 0 bridgehead atoms. The molecule has 0 saturated carbocycles. The number of hydrogen-bond donors (Lipinski definition) is 2. The van der Waals surface area contributed by atoms with Gasteiger partial charge in [-0.3, -0.25) is 9.59 Å². The fourth-order valence-corrected chi connectivity index (χ4v) is 3.12. The van der Waals surface area contributed by atoms with Crippen LogP contribution in [0.5, 0.6) is 5.75 Å². The van der Waals surface area contributed by atoms with Crippen LogP contribution in [0, 0.1) is 5.92 Å². The minimum absolute atomic E-state index is 0. The molecule has 1 aromatic heterocycles. The first-order valence-electron chi connectivity index (χ1n) is 8.99. The highest BCUT2D eigenvalue weighted by molar-refractivity contribution is 5.85. The second kappa shape index (κ2) is 10.1. The Kier molecular flexibility index (Phi) is 7.83. The van der Waals surface area contributed by atoms with Crippen LogP contribution in [0.25, 0.3) is 11.0 Å². The molecule has 1 saturated heterocycles. The fraction of sp³-hybridized carbons (Fsp3) is 0.421. The van der Waals surface area contributed by atoms with Crippen molar-refractivity contribution in [1.29, 1.82) is 0 Å². The molecule has 8 nitrogen and oxygen atoms in total. The first kappa shape index (κ1) is 21.7. The smallest absolute Gasteiger partial charge is 0.336 e. The van der Waals surface area contributed by atoms with Gasteiger partial charge in [-0.05, 0) is 31.0 Å². The van der Waals surface area contributed by atoms with E-state index < -0.39 is 5.63 Å². The van der Waals surface area contributed by atoms with Gasteiger partial charge in [0.2, 0.25) is 5.91 Å². The van der Waals surface area contributed by atoms with E-state index in [0.29, 0.717) is 37.5 Å². The Labute approximate surface area is 168 Å². The van der Waals surface area contributed by atoms with E-state index in [-0.39, 0.29) is 36.7 Å². The summed E-state index contributed by atoms with van der Waals surface area (Å²) in [5, 5.41) is 3.55. The highest BCUT2D eigenvalue weighted by atomic mass is 35.5. The van der Waals surface area contributed by atoms with Crippen LogP contribution in [0.4, 0.5) is 0 Å². The van der Waals surface area contributed by atoms with E-state index in [9.17, 15) is 14.4 Å². The Morgan fingerprint density at radius 1 is 1.29 bits per heavy atom. The van der Waals surface area contributed by atoms with Crippen molar-refractivity contribution < 1.29 is 18.7 Å². The summed E-state index contributed by atoms with van der Waals surface area (Å²) in [6, 6.07) is 8.08. The summed E-state index contributed by atoms with van der Waals surface area (Å²) in [5.41, 5.74) is 5.36. The average Bonchev–Trinajstić information content (AvgIpc) is 2.69. The Hall–Kier alpha value is -2.58. The molecular formula is C19H24ClN3O5. The molecule has 3 N–H and O–H groups in total. The third-order valence-electron chi connectivity index (χ3n) is 4.55. The van der Waals surface area contributed by atoms with Gasteiger partial charge in [-0.1, -0.05) is 0 Å². The molecule has 152 valence electrons. The van der Waals surface area contributed by atoms with Crippen LogP contribution < -0.4 is 21.4 Å². The van der Waals surface area contributed by atoms with Gasteiger partial charge in [-0.2, -0.15) is 0 Å². The monoisotopic (exact) mass is 409 g/mol. The van der Waals surface area contributed by atoms with Gasteiger partial charge in [0.25, 0.3) is 5.91 Å². The molecule has 2 heterocycles. The first-order valence-corrected chi connectivity index (χ1v) is 8.99. The number of fused-ring (bicyclic) bond motifs is 1. The van der Waals surface area contributed by atoms with E-state index in [1.807, 2.05) is 0 Å².